The van der Waals surface area contributed by atoms with Crippen LogP contribution < -0.4 is 5.32 Å². The van der Waals surface area contributed by atoms with E-state index in [2.05, 4.69) is 5.32 Å². The minimum atomic E-state index is -0.973. The predicted molar refractivity (Wildman–Crippen MR) is 92.0 cm³/mol. The molecular formula is C18H30N2O5. The summed E-state index contributed by atoms with van der Waals surface area (Å²) in [5, 5.41) is 12.2. The van der Waals surface area contributed by atoms with Crippen molar-refractivity contribution in [3.05, 3.63) is 0 Å². The maximum atomic E-state index is 12.9. The molecular weight excluding hydrogens is 324 g/mol. The molecule has 0 radical (unpaired) electrons. The molecule has 1 saturated carbocycles. The summed E-state index contributed by atoms with van der Waals surface area (Å²) in [6, 6.07) is -1.57. The number of likely N-dealkylation sites (tertiary alicyclic amines) is 1. The number of amides is 2. The molecule has 0 unspecified atom stereocenters. The van der Waals surface area contributed by atoms with Gasteiger partial charge in [0.1, 0.15) is 17.7 Å². The summed E-state index contributed by atoms with van der Waals surface area (Å²) in [7, 11) is 0. The molecule has 1 aliphatic carbocycles. The van der Waals surface area contributed by atoms with E-state index in [1.54, 1.807) is 20.8 Å². The van der Waals surface area contributed by atoms with Crippen molar-refractivity contribution in [2.24, 2.45) is 17.3 Å². The summed E-state index contributed by atoms with van der Waals surface area (Å²) in [6.07, 6.45) is 0.478. The van der Waals surface area contributed by atoms with E-state index in [1.165, 1.54) is 4.90 Å². The number of hydrogen-bond donors (Lipinski definition) is 2. The Labute approximate surface area is 149 Å². The van der Waals surface area contributed by atoms with Gasteiger partial charge in [-0.25, -0.2) is 9.59 Å². The van der Waals surface area contributed by atoms with Gasteiger partial charge in [-0.05, 0) is 38.5 Å². The minimum Gasteiger partial charge on any atom is -0.480 e. The fourth-order valence-electron chi connectivity index (χ4n) is 3.99. The van der Waals surface area contributed by atoms with Gasteiger partial charge in [-0.3, -0.25) is 4.79 Å². The van der Waals surface area contributed by atoms with Crippen LogP contribution in [0.2, 0.25) is 0 Å². The number of alkyl carbamates (subject to hydrolysis) is 1. The minimum absolute atomic E-state index is 0.0160. The molecule has 142 valence electrons. The van der Waals surface area contributed by atoms with E-state index in [-0.39, 0.29) is 23.2 Å². The molecule has 2 N–H and O–H groups in total. The average molecular weight is 354 g/mol. The number of piperidine rings is 1. The van der Waals surface area contributed by atoms with E-state index in [4.69, 9.17) is 4.74 Å². The Morgan fingerprint density at radius 2 is 1.92 bits per heavy atom. The summed E-state index contributed by atoms with van der Waals surface area (Å²) in [5.74, 6) is -1.11. The lowest BCUT2D eigenvalue weighted by molar-refractivity contribution is -0.151. The van der Waals surface area contributed by atoms with Gasteiger partial charge in [0.2, 0.25) is 5.91 Å². The Hall–Kier alpha value is -1.79. The number of rotatable bonds is 5. The van der Waals surface area contributed by atoms with Gasteiger partial charge in [-0.1, -0.05) is 27.2 Å². The van der Waals surface area contributed by atoms with Crippen LogP contribution in [0.15, 0.2) is 0 Å². The fraction of sp³-hybridized carbons (Fsp3) is 0.833. The molecule has 0 aromatic rings. The van der Waals surface area contributed by atoms with Gasteiger partial charge in [0, 0.05) is 12.5 Å². The van der Waals surface area contributed by atoms with Gasteiger partial charge in [0.15, 0.2) is 0 Å². The van der Waals surface area contributed by atoms with Crippen molar-refractivity contribution in [1.82, 2.24) is 10.2 Å². The Bertz CT molecular complexity index is 566. The first kappa shape index (κ1) is 19.5. The lowest BCUT2D eigenvalue weighted by Crippen LogP contribution is -2.54. The first-order chi connectivity index (χ1) is 11.4. The van der Waals surface area contributed by atoms with Crippen LogP contribution in [0.3, 0.4) is 0 Å². The van der Waals surface area contributed by atoms with Crippen molar-refractivity contribution in [2.45, 2.75) is 72.1 Å². The average Bonchev–Trinajstić information content (AvgIpc) is 2.84. The van der Waals surface area contributed by atoms with Crippen molar-refractivity contribution in [1.29, 1.82) is 0 Å². The van der Waals surface area contributed by atoms with Crippen LogP contribution in [-0.4, -0.2) is 52.2 Å². The smallest absolute Gasteiger partial charge is 0.408 e. The number of aliphatic carboxylic acids is 1. The molecule has 0 spiro atoms. The molecule has 25 heavy (non-hydrogen) atoms. The number of nitrogens with one attached hydrogen (secondary N) is 1. The zero-order chi connectivity index (χ0) is 19.2. The Balaban J connectivity index is 2.10. The highest BCUT2D eigenvalue weighted by Crippen LogP contribution is 2.64. The molecule has 2 aliphatic rings. The Morgan fingerprint density at radius 3 is 2.40 bits per heavy atom. The molecule has 1 heterocycles. The Morgan fingerprint density at radius 1 is 1.32 bits per heavy atom. The van der Waals surface area contributed by atoms with Gasteiger partial charge in [0.05, 0.1) is 0 Å². The normalized spacial score (nSPS) is 28.1. The highest BCUT2D eigenvalue weighted by Gasteiger charge is 2.69. The lowest BCUT2D eigenvalue weighted by atomic mass is 10.00. The second-order valence-corrected chi connectivity index (χ2v) is 8.71. The third-order valence-corrected chi connectivity index (χ3v) is 5.31. The zero-order valence-electron chi connectivity index (χ0n) is 16.0. The third-order valence-electron chi connectivity index (χ3n) is 5.31. The molecule has 7 heteroatoms. The van der Waals surface area contributed by atoms with E-state index in [9.17, 15) is 19.5 Å². The highest BCUT2D eigenvalue weighted by atomic mass is 16.6. The molecule has 2 rings (SSSR count). The molecule has 0 bridgehead atoms. The number of carbonyl (C=O) groups excluding carboxylic acids is 2. The van der Waals surface area contributed by atoms with Gasteiger partial charge >= 0.3 is 12.1 Å². The number of nitrogens with zero attached hydrogens (tertiary/aromatic N) is 1. The van der Waals surface area contributed by atoms with Crippen molar-refractivity contribution in [2.75, 3.05) is 6.54 Å². The lowest BCUT2D eigenvalue weighted by Gasteiger charge is -2.32. The molecule has 0 aromatic heterocycles. The molecule has 2 amide bonds. The van der Waals surface area contributed by atoms with Crippen molar-refractivity contribution in [3.8, 4) is 0 Å². The standard InChI is InChI=1S/C18H30N2O5/c1-7-8-11(19-16(24)25-17(2,3)4)14(21)20-9-10-12(18(10,5)6)13(20)15(22)23/h10-13H,7-9H2,1-6H3,(H,19,24)(H,22,23)/t10-,11-,12-,13-/m0/s1. The number of carboxylic acid groups (broad SMARTS) is 1. The maximum absolute atomic E-state index is 12.9. The molecule has 2 fully saturated rings. The monoisotopic (exact) mass is 354 g/mol. The van der Waals surface area contributed by atoms with E-state index < -0.39 is 29.7 Å². The van der Waals surface area contributed by atoms with Crippen LogP contribution in [0.25, 0.3) is 0 Å². The van der Waals surface area contributed by atoms with Crippen LogP contribution >= 0.6 is 0 Å². The second-order valence-electron chi connectivity index (χ2n) is 8.71. The van der Waals surface area contributed by atoms with Crippen molar-refractivity contribution in [3.63, 3.8) is 0 Å². The van der Waals surface area contributed by atoms with Crippen molar-refractivity contribution >= 4 is 18.0 Å². The van der Waals surface area contributed by atoms with Crippen molar-refractivity contribution < 1.29 is 24.2 Å². The quantitative estimate of drug-likeness (QED) is 0.789. The topological polar surface area (TPSA) is 95.9 Å². The molecule has 0 aromatic carbocycles. The van der Waals surface area contributed by atoms with Gasteiger partial charge in [-0.2, -0.15) is 0 Å². The third kappa shape index (κ3) is 3.90. The summed E-state index contributed by atoms with van der Waals surface area (Å²) in [6.45, 7) is 11.7. The molecule has 1 saturated heterocycles. The van der Waals surface area contributed by atoms with Gasteiger partial charge < -0.3 is 20.1 Å². The molecule has 7 nitrogen and oxygen atoms in total. The van der Waals surface area contributed by atoms with Crippen LogP contribution in [-0.2, 0) is 14.3 Å². The first-order valence-electron chi connectivity index (χ1n) is 8.93. The van der Waals surface area contributed by atoms with Gasteiger partial charge in [-0.15, -0.1) is 0 Å². The zero-order valence-corrected chi connectivity index (χ0v) is 16.0. The van der Waals surface area contributed by atoms with Crippen LogP contribution in [0, 0.1) is 17.3 Å². The molecule has 4 atom stereocenters. The van der Waals surface area contributed by atoms with E-state index in [0.29, 0.717) is 19.4 Å². The van der Waals surface area contributed by atoms with E-state index >= 15 is 0 Å². The number of ether oxygens (including phenoxy) is 1. The van der Waals surface area contributed by atoms with Gasteiger partial charge in [0.25, 0.3) is 0 Å². The maximum Gasteiger partial charge on any atom is 0.408 e. The van der Waals surface area contributed by atoms with Crippen LogP contribution in [0.1, 0.15) is 54.4 Å². The SMILES string of the molecule is CCC[C@H](NC(=O)OC(C)(C)C)C(=O)N1C[C@H]2[C@@H]([C@H]1C(=O)O)C2(C)C. The predicted octanol–water partition coefficient (Wildman–Crippen LogP) is 2.25. The Kier molecular flexibility index (Phi) is 5.08. The number of fused-ring (bicyclic) bond motifs is 1. The fourth-order valence-corrected chi connectivity index (χ4v) is 3.99. The highest BCUT2D eigenvalue weighted by molar-refractivity contribution is 5.90. The largest absolute Gasteiger partial charge is 0.480 e. The summed E-state index contributed by atoms with van der Waals surface area (Å²) < 4.78 is 5.23. The second kappa shape index (κ2) is 6.50. The van der Waals surface area contributed by atoms with Crippen LogP contribution in [0.5, 0.6) is 0 Å². The number of hydrogen-bond acceptors (Lipinski definition) is 4. The van der Waals surface area contributed by atoms with E-state index in [1.807, 2.05) is 20.8 Å². The molecule has 1 aliphatic heterocycles. The summed E-state index contributed by atoms with van der Waals surface area (Å²) in [5.41, 5.74) is -0.703. The number of carboxylic acids is 1. The number of carbonyl (C=O) groups is 3. The first-order valence-corrected chi connectivity index (χ1v) is 8.93. The summed E-state index contributed by atoms with van der Waals surface area (Å²) in [4.78, 5) is 38.1. The van der Waals surface area contributed by atoms with E-state index in [0.717, 1.165) is 0 Å². The van der Waals surface area contributed by atoms with Crippen LogP contribution in [0.4, 0.5) is 4.79 Å². The summed E-state index contributed by atoms with van der Waals surface area (Å²) >= 11 is 0.